The molecule has 0 atom stereocenters. The van der Waals surface area contributed by atoms with Crippen LogP contribution < -0.4 is 5.32 Å². The number of hydrogen-bond acceptors (Lipinski definition) is 5. The van der Waals surface area contributed by atoms with E-state index < -0.39 is 5.97 Å². The molecule has 0 saturated heterocycles. The molecule has 2 N–H and O–H groups in total. The van der Waals surface area contributed by atoms with Gasteiger partial charge in [0.15, 0.2) is 0 Å². The van der Waals surface area contributed by atoms with Crippen LogP contribution in [0.25, 0.3) is 0 Å². The minimum atomic E-state index is -1.00. The van der Waals surface area contributed by atoms with Gasteiger partial charge in [0.05, 0.1) is 11.3 Å². The standard InChI is InChI=1S/C11H18N4O2/c1-4-15(3)6-5-12-11-13-7-9(10(16)17)8(2)14-11/h7H,4-6H2,1-3H3,(H,16,17)(H,12,13,14). The van der Waals surface area contributed by atoms with Gasteiger partial charge in [-0.25, -0.2) is 14.8 Å². The Hall–Kier alpha value is -1.69. The van der Waals surface area contributed by atoms with Crippen LogP contribution in [0.15, 0.2) is 6.20 Å². The van der Waals surface area contributed by atoms with Crippen LogP contribution in [0, 0.1) is 6.92 Å². The Bertz CT molecular complexity index is 395. The molecule has 0 aliphatic heterocycles. The van der Waals surface area contributed by atoms with Gasteiger partial charge in [-0.2, -0.15) is 0 Å². The Balaban J connectivity index is 2.56. The highest BCUT2D eigenvalue weighted by molar-refractivity contribution is 5.88. The van der Waals surface area contributed by atoms with Crippen LogP contribution in [0.5, 0.6) is 0 Å². The molecule has 0 aromatic carbocycles. The van der Waals surface area contributed by atoms with Crippen LogP contribution in [0.4, 0.5) is 5.95 Å². The van der Waals surface area contributed by atoms with Crippen molar-refractivity contribution in [2.75, 3.05) is 32.0 Å². The van der Waals surface area contributed by atoms with E-state index in [2.05, 4.69) is 27.1 Å². The lowest BCUT2D eigenvalue weighted by atomic mass is 10.2. The largest absolute Gasteiger partial charge is 0.478 e. The molecule has 0 saturated carbocycles. The molecule has 0 aliphatic rings. The van der Waals surface area contributed by atoms with Gasteiger partial charge in [-0.1, -0.05) is 6.92 Å². The molecule has 0 radical (unpaired) electrons. The summed E-state index contributed by atoms with van der Waals surface area (Å²) >= 11 is 0. The molecule has 1 rings (SSSR count). The first-order valence-electron chi connectivity index (χ1n) is 5.54. The zero-order valence-corrected chi connectivity index (χ0v) is 10.4. The Morgan fingerprint density at radius 3 is 2.82 bits per heavy atom. The van der Waals surface area contributed by atoms with Crippen molar-refractivity contribution < 1.29 is 9.90 Å². The lowest BCUT2D eigenvalue weighted by Gasteiger charge is -2.14. The molecule has 0 amide bonds. The molecule has 6 heteroatoms. The quantitative estimate of drug-likeness (QED) is 0.765. The second-order valence-electron chi connectivity index (χ2n) is 3.82. The number of likely N-dealkylation sites (N-methyl/N-ethyl adjacent to an activating group) is 1. The number of rotatable bonds is 6. The predicted molar refractivity (Wildman–Crippen MR) is 65.4 cm³/mol. The fourth-order valence-corrected chi connectivity index (χ4v) is 1.28. The number of anilines is 1. The fourth-order valence-electron chi connectivity index (χ4n) is 1.28. The van der Waals surface area contributed by atoms with E-state index in [4.69, 9.17) is 5.11 Å². The molecule has 6 nitrogen and oxygen atoms in total. The molecule has 0 fully saturated rings. The Morgan fingerprint density at radius 2 is 2.29 bits per heavy atom. The zero-order chi connectivity index (χ0) is 12.8. The summed E-state index contributed by atoms with van der Waals surface area (Å²) in [6.45, 7) is 6.35. The number of aromatic nitrogens is 2. The maximum Gasteiger partial charge on any atom is 0.339 e. The molecular formula is C11H18N4O2. The highest BCUT2D eigenvalue weighted by Crippen LogP contribution is 2.06. The van der Waals surface area contributed by atoms with Crippen molar-refractivity contribution in [2.24, 2.45) is 0 Å². The van der Waals surface area contributed by atoms with Gasteiger partial charge in [0.1, 0.15) is 0 Å². The molecule has 1 heterocycles. The van der Waals surface area contributed by atoms with E-state index in [1.54, 1.807) is 6.92 Å². The number of aromatic carboxylic acids is 1. The molecule has 0 spiro atoms. The molecular weight excluding hydrogens is 220 g/mol. The van der Waals surface area contributed by atoms with Crippen molar-refractivity contribution in [3.05, 3.63) is 17.5 Å². The molecule has 0 aliphatic carbocycles. The van der Waals surface area contributed by atoms with Crippen molar-refractivity contribution in [2.45, 2.75) is 13.8 Å². The summed E-state index contributed by atoms with van der Waals surface area (Å²) in [4.78, 5) is 21.0. The third-order valence-corrected chi connectivity index (χ3v) is 2.53. The maximum atomic E-state index is 10.8. The average molecular weight is 238 g/mol. The number of carboxylic acids is 1. The van der Waals surface area contributed by atoms with Gasteiger partial charge >= 0.3 is 5.97 Å². The molecule has 1 aromatic rings. The fraction of sp³-hybridized carbons (Fsp3) is 0.545. The minimum Gasteiger partial charge on any atom is -0.478 e. The van der Waals surface area contributed by atoms with Crippen molar-refractivity contribution in [1.82, 2.24) is 14.9 Å². The van der Waals surface area contributed by atoms with Gasteiger partial charge in [-0.15, -0.1) is 0 Å². The van der Waals surface area contributed by atoms with E-state index in [1.807, 2.05) is 7.05 Å². The summed E-state index contributed by atoms with van der Waals surface area (Å²) < 4.78 is 0. The Labute approximate surface area is 101 Å². The number of nitrogens with one attached hydrogen (secondary N) is 1. The second kappa shape index (κ2) is 6.15. The van der Waals surface area contributed by atoms with Crippen molar-refractivity contribution in [3.8, 4) is 0 Å². The lowest BCUT2D eigenvalue weighted by Crippen LogP contribution is -2.25. The van der Waals surface area contributed by atoms with Crippen molar-refractivity contribution >= 4 is 11.9 Å². The highest BCUT2D eigenvalue weighted by atomic mass is 16.4. The normalized spacial score (nSPS) is 10.6. The number of nitrogens with zero attached hydrogens (tertiary/aromatic N) is 3. The van der Waals surface area contributed by atoms with E-state index in [1.165, 1.54) is 6.20 Å². The Kier molecular flexibility index (Phi) is 4.84. The predicted octanol–water partition coefficient (Wildman–Crippen LogP) is 0.847. The summed E-state index contributed by atoms with van der Waals surface area (Å²) in [7, 11) is 2.03. The highest BCUT2D eigenvalue weighted by Gasteiger charge is 2.09. The number of hydrogen-bond donors (Lipinski definition) is 2. The molecule has 0 bridgehead atoms. The van der Waals surface area contributed by atoms with Crippen LogP contribution in [0.3, 0.4) is 0 Å². The zero-order valence-electron chi connectivity index (χ0n) is 10.4. The summed E-state index contributed by atoms with van der Waals surface area (Å²) in [5.74, 6) is -0.531. The van der Waals surface area contributed by atoms with Gasteiger partial charge in [-0.3, -0.25) is 0 Å². The van der Waals surface area contributed by atoms with Gasteiger partial charge in [0, 0.05) is 19.3 Å². The number of aryl methyl sites for hydroxylation is 1. The van der Waals surface area contributed by atoms with Crippen LogP contribution in [0.1, 0.15) is 23.0 Å². The van der Waals surface area contributed by atoms with Crippen LogP contribution in [0.2, 0.25) is 0 Å². The van der Waals surface area contributed by atoms with Gasteiger partial charge in [-0.05, 0) is 20.5 Å². The first-order chi connectivity index (χ1) is 8.04. The lowest BCUT2D eigenvalue weighted by molar-refractivity contribution is 0.0695. The smallest absolute Gasteiger partial charge is 0.339 e. The Morgan fingerprint density at radius 1 is 1.59 bits per heavy atom. The first-order valence-corrected chi connectivity index (χ1v) is 5.54. The second-order valence-corrected chi connectivity index (χ2v) is 3.82. The summed E-state index contributed by atoms with van der Waals surface area (Å²) in [5.41, 5.74) is 0.611. The topological polar surface area (TPSA) is 78.4 Å². The summed E-state index contributed by atoms with van der Waals surface area (Å²) in [6, 6.07) is 0. The van der Waals surface area contributed by atoms with Gasteiger partial charge < -0.3 is 15.3 Å². The SMILES string of the molecule is CCN(C)CCNc1ncc(C(=O)O)c(C)n1. The van der Waals surface area contributed by atoms with Crippen molar-refractivity contribution in [3.63, 3.8) is 0 Å². The monoisotopic (exact) mass is 238 g/mol. The van der Waals surface area contributed by atoms with E-state index in [0.29, 0.717) is 11.6 Å². The molecule has 94 valence electrons. The third kappa shape index (κ3) is 3.99. The van der Waals surface area contributed by atoms with Crippen LogP contribution in [-0.2, 0) is 0 Å². The number of carboxylic acid groups (broad SMARTS) is 1. The third-order valence-electron chi connectivity index (χ3n) is 2.53. The number of carbonyl (C=O) groups is 1. The van der Waals surface area contributed by atoms with E-state index in [9.17, 15) is 4.79 Å². The average Bonchev–Trinajstić information content (AvgIpc) is 2.28. The van der Waals surface area contributed by atoms with E-state index in [-0.39, 0.29) is 5.56 Å². The summed E-state index contributed by atoms with van der Waals surface area (Å²) in [6.07, 6.45) is 1.33. The molecule has 17 heavy (non-hydrogen) atoms. The van der Waals surface area contributed by atoms with Crippen molar-refractivity contribution in [1.29, 1.82) is 0 Å². The summed E-state index contributed by atoms with van der Waals surface area (Å²) in [5, 5.41) is 11.9. The van der Waals surface area contributed by atoms with Gasteiger partial charge in [0.25, 0.3) is 0 Å². The first kappa shape index (κ1) is 13.4. The van der Waals surface area contributed by atoms with Gasteiger partial charge in [0.2, 0.25) is 5.95 Å². The minimum absolute atomic E-state index is 0.140. The van der Waals surface area contributed by atoms with E-state index >= 15 is 0 Å². The van der Waals surface area contributed by atoms with E-state index in [0.717, 1.165) is 19.6 Å². The molecule has 1 aromatic heterocycles. The maximum absolute atomic E-state index is 10.8. The molecule has 0 unspecified atom stereocenters. The van der Waals surface area contributed by atoms with Crippen LogP contribution >= 0.6 is 0 Å². The van der Waals surface area contributed by atoms with Crippen LogP contribution in [-0.4, -0.2) is 52.6 Å².